The number of sulfonamides is 1. The summed E-state index contributed by atoms with van der Waals surface area (Å²) in [6, 6.07) is 5.97. The predicted octanol–water partition coefficient (Wildman–Crippen LogP) is 0.886. The van der Waals surface area contributed by atoms with Gasteiger partial charge in [-0.25, -0.2) is 13.6 Å². The Labute approximate surface area is 126 Å². The van der Waals surface area contributed by atoms with E-state index in [1.165, 1.54) is 12.1 Å². The maximum Gasteiger partial charge on any atom is 0.238 e. The van der Waals surface area contributed by atoms with E-state index < -0.39 is 10.0 Å². The Bertz CT molecular complexity index is 570. The van der Waals surface area contributed by atoms with Gasteiger partial charge in [0.1, 0.15) is 0 Å². The van der Waals surface area contributed by atoms with Gasteiger partial charge in [-0.15, -0.1) is 0 Å². The van der Waals surface area contributed by atoms with Crippen LogP contribution in [-0.4, -0.2) is 20.9 Å². The molecule has 118 valence electrons. The van der Waals surface area contributed by atoms with Gasteiger partial charge >= 0.3 is 0 Å². The van der Waals surface area contributed by atoms with E-state index in [1.54, 1.807) is 12.1 Å². The van der Waals surface area contributed by atoms with Gasteiger partial charge in [0.25, 0.3) is 0 Å². The fourth-order valence-corrected chi connectivity index (χ4v) is 2.46. The Balaban J connectivity index is 2.67. The fourth-order valence-electron chi connectivity index (χ4n) is 1.94. The van der Waals surface area contributed by atoms with Crippen LogP contribution < -0.4 is 16.2 Å². The Morgan fingerprint density at radius 2 is 1.81 bits per heavy atom. The van der Waals surface area contributed by atoms with Gasteiger partial charge in [0.05, 0.1) is 10.9 Å². The van der Waals surface area contributed by atoms with Gasteiger partial charge in [0.15, 0.2) is 0 Å². The summed E-state index contributed by atoms with van der Waals surface area (Å²) in [5.41, 5.74) is 6.25. The van der Waals surface area contributed by atoms with Crippen molar-refractivity contribution in [3.8, 4) is 0 Å². The second-order valence-electron chi connectivity index (χ2n) is 5.18. The Hall–Kier alpha value is -1.44. The van der Waals surface area contributed by atoms with E-state index in [1.807, 2.05) is 13.8 Å². The highest BCUT2D eigenvalue weighted by Crippen LogP contribution is 2.16. The maximum absolute atomic E-state index is 12.0. The van der Waals surface area contributed by atoms with Crippen LogP contribution in [0.15, 0.2) is 29.2 Å². The highest BCUT2D eigenvalue weighted by molar-refractivity contribution is 7.89. The van der Waals surface area contributed by atoms with E-state index in [4.69, 9.17) is 10.9 Å². The van der Waals surface area contributed by atoms with Crippen LogP contribution >= 0.6 is 0 Å². The smallest absolute Gasteiger partial charge is 0.238 e. The van der Waals surface area contributed by atoms with Crippen molar-refractivity contribution in [2.75, 3.05) is 6.54 Å². The van der Waals surface area contributed by atoms with Crippen LogP contribution in [0.2, 0.25) is 0 Å². The lowest BCUT2D eigenvalue weighted by Gasteiger charge is -2.18. The van der Waals surface area contributed by atoms with Crippen molar-refractivity contribution in [1.29, 1.82) is 0 Å². The molecule has 0 spiro atoms. The minimum absolute atomic E-state index is 0.0357. The van der Waals surface area contributed by atoms with E-state index in [9.17, 15) is 13.2 Å². The zero-order chi connectivity index (χ0) is 16.0. The molecule has 0 bridgehead atoms. The number of carbonyl (C=O) groups is 1. The Morgan fingerprint density at radius 3 is 2.29 bits per heavy atom. The predicted molar refractivity (Wildman–Crippen MR) is 81.8 cm³/mol. The number of benzene rings is 1. The zero-order valence-corrected chi connectivity index (χ0v) is 13.2. The summed E-state index contributed by atoms with van der Waals surface area (Å²) in [7, 11) is -3.69. The molecular weight excluding hydrogens is 290 g/mol. The van der Waals surface area contributed by atoms with E-state index in [0.717, 1.165) is 18.4 Å². The molecule has 1 aromatic rings. The number of nitrogens with two attached hydrogens (primary N) is 2. The first kappa shape index (κ1) is 17.6. The van der Waals surface area contributed by atoms with Crippen LogP contribution in [0.4, 0.5) is 0 Å². The molecule has 7 heteroatoms. The summed E-state index contributed by atoms with van der Waals surface area (Å²) in [6.45, 7) is 4.28. The van der Waals surface area contributed by atoms with Crippen LogP contribution in [0.3, 0.4) is 0 Å². The molecule has 0 radical (unpaired) electrons. The Kier molecular flexibility index (Phi) is 6.32. The van der Waals surface area contributed by atoms with Crippen molar-refractivity contribution < 1.29 is 13.2 Å². The monoisotopic (exact) mass is 313 g/mol. The average Bonchev–Trinajstić information content (AvgIpc) is 2.43. The summed E-state index contributed by atoms with van der Waals surface area (Å²) in [5.74, 6) is -0.133. The molecule has 0 aliphatic rings. The molecule has 0 heterocycles. The molecule has 0 fully saturated rings. The minimum atomic E-state index is -3.69. The second kappa shape index (κ2) is 7.53. The fraction of sp³-hybridized carbons (Fsp3) is 0.500. The van der Waals surface area contributed by atoms with Crippen LogP contribution in [0.1, 0.15) is 38.3 Å². The molecule has 2 atom stereocenters. The molecular formula is C14H23N3O3S. The lowest BCUT2D eigenvalue weighted by Crippen LogP contribution is -2.31. The molecule has 0 aliphatic heterocycles. The molecule has 1 rings (SSSR count). The largest absolute Gasteiger partial charge is 0.349 e. The molecule has 1 aromatic carbocycles. The van der Waals surface area contributed by atoms with E-state index in [0.29, 0.717) is 6.54 Å². The molecule has 1 amide bonds. The molecule has 0 saturated carbocycles. The van der Waals surface area contributed by atoms with Crippen LogP contribution in [-0.2, 0) is 14.8 Å². The standard InChI is InChI=1S/C14H23N3O3S/c1-10(4-3-9-15)14(18)17-11(2)12-5-7-13(8-6-12)21(16,19)20/h5-8,10-11H,3-4,9,15H2,1-2H3,(H,17,18)(H2,16,19,20). The van der Waals surface area contributed by atoms with Crippen molar-refractivity contribution in [2.45, 2.75) is 37.6 Å². The van der Waals surface area contributed by atoms with Crippen molar-refractivity contribution in [3.63, 3.8) is 0 Å². The first-order chi connectivity index (χ1) is 9.75. The summed E-state index contributed by atoms with van der Waals surface area (Å²) in [5, 5.41) is 7.94. The number of primary sulfonamides is 1. The topological polar surface area (TPSA) is 115 Å². The van der Waals surface area contributed by atoms with E-state index in [2.05, 4.69) is 5.32 Å². The minimum Gasteiger partial charge on any atom is -0.349 e. The Morgan fingerprint density at radius 1 is 1.24 bits per heavy atom. The third-order valence-corrected chi connectivity index (χ3v) is 4.29. The van der Waals surface area contributed by atoms with E-state index in [-0.39, 0.29) is 22.8 Å². The van der Waals surface area contributed by atoms with Crippen molar-refractivity contribution in [2.24, 2.45) is 16.8 Å². The quantitative estimate of drug-likeness (QED) is 0.693. The SMILES string of the molecule is CC(CCCN)C(=O)NC(C)c1ccc(S(N)(=O)=O)cc1. The lowest BCUT2D eigenvalue weighted by atomic mass is 10.0. The third kappa shape index (κ3) is 5.45. The number of hydrogen-bond donors (Lipinski definition) is 3. The highest BCUT2D eigenvalue weighted by Gasteiger charge is 2.16. The molecule has 0 saturated heterocycles. The van der Waals surface area contributed by atoms with Crippen LogP contribution in [0, 0.1) is 5.92 Å². The van der Waals surface area contributed by atoms with Gasteiger partial charge in [-0.3, -0.25) is 4.79 Å². The number of carbonyl (C=O) groups excluding carboxylic acids is 1. The van der Waals surface area contributed by atoms with Gasteiger partial charge in [0.2, 0.25) is 15.9 Å². The molecule has 0 aliphatic carbocycles. The normalized spacial score (nSPS) is 14.5. The summed E-state index contributed by atoms with van der Waals surface area (Å²) >= 11 is 0. The van der Waals surface area contributed by atoms with Crippen molar-refractivity contribution in [1.82, 2.24) is 5.32 Å². The lowest BCUT2D eigenvalue weighted by molar-refractivity contribution is -0.125. The third-order valence-electron chi connectivity index (χ3n) is 3.36. The summed E-state index contributed by atoms with van der Waals surface area (Å²) < 4.78 is 22.4. The maximum atomic E-state index is 12.0. The van der Waals surface area contributed by atoms with Crippen molar-refractivity contribution >= 4 is 15.9 Å². The zero-order valence-electron chi connectivity index (χ0n) is 12.4. The number of nitrogens with one attached hydrogen (secondary N) is 1. The van der Waals surface area contributed by atoms with Gasteiger partial charge < -0.3 is 11.1 Å². The molecule has 21 heavy (non-hydrogen) atoms. The second-order valence-corrected chi connectivity index (χ2v) is 6.74. The molecule has 2 unspecified atom stereocenters. The highest BCUT2D eigenvalue weighted by atomic mass is 32.2. The first-order valence-corrected chi connectivity index (χ1v) is 8.43. The van der Waals surface area contributed by atoms with Crippen LogP contribution in [0.5, 0.6) is 0 Å². The summed E-state index contributed by atoms with van der Waals surface area (Å²) in [6.07, 6.45) is 1.56. The van der Waals surface area contributed by atoms with Gasteiger partial charge in [-0.1, -0.05) is 19.1 Å². The van der Waals surface area contributed by atoms with Gasteiger partial charge in [-0.05, 0) is 44.0 Å². The first-order valence-electron chi connectivity index (χ1n) is 6.89. The van der Waals surface area contributed by atoms with E-state index >= 15 is 0 Å². The average molecular weight is 313 g/mol. The molecule has 0 aromatic heterocycles. The van der Waals surface area contributed by atoms with Gasteiger partial charge in [0, 0.05) is 5.92 Å². The number of amides is 1. The number of rotatable bonds is 7. The van der Waals surface area contributed by atoms with Crippen LogP contribution in [0.25, 0.3) is 0 Å². The van der Waals surface area contributed by atoms with Gasteiger partial charge in [-0.2, -0.15) is 0 Å². The molecule has 5 N–H and O–H groups in total. The molecule has 6 nitrogen and oxygen atoms in total. The summed E-state index contributed by atoms with van der Waals surface area (Å²) in [4.78, 5) is 12.0. The number of hydrogen-bond acceptors (Lipinski definition) is 4. The van der Waals surface area contributed by atoms with Crippen molar-refractivity contribution in [3.05, 3.63) is 29.8 Å².